The molecule has 0 heterocycles. The molecule has 0 aliphatic rings. The van der Waals surface area contributed by atoms with Crippen molar-refractivity contribution in [1.82, 2.24) is 5.32 Å². The molecule has 0 rings (SSSR count). The summed E-state index contributed by atoms with van der Waals surface area (Å²) in [7, 11) is 0. The number of carbonyl (C=O) groups is 2. The van der Waals surface area contributed by atoms with Crippen LogP contribution in [0, 0.1) is 5.92 Å². The van der Waals surface area contributed by atoms with Crippen molar-refractivity contribution in [2.45, 2.75) is 38.4 Å². The fraction of sp³-hybridized carbons (Fsp3) is 0.800. The topological polar surface area (TPSA) is 92.4 Å². The highest BCUT2D eigenvalue weighted by molar-refractivity contribution is 5.88. The Hall–Kier alpha value is -1.31. The molecule has 0 aromatic heterocycles. The molecule has 0 saturated carbocycles. The highest BCUT2D eigenvalue weighted by Crippen LogP contribution is 2.30. The summed E-state index contributed by atoms with van der Waals surface area (Å²) in [6, 6.07) is 0. The lowest BCUT2D eigenvalue weighted by molar-refractivity contribution is -0.207. The summed E-state index contributed by atoms with van der Waals surface area (Å²) in [6.07, 6.45) is -4.22. The molecule has 18 heavy (non-hydrogen) atoms. The van der Waals surface area contributed by atoms with Crippen molar-refractivity contribution in [3.63, 3.8) is 0 Å². The number of nitrogens with one attached hydrogen (secondary N) is 1. The van der Waals surface area contributed by atoms with E-state index in [0.29, 0.717) is 19.8 Å². The van der Waals surface area contributed by atoms with Gasteiger partial charge in [0.2, 0.25) is 11.4 Å². The molecule has 2 atom stereocenters. The summed E-state index contributed by atoms with van der Waals surface area (Å²) in [5, 5.41) is 10.2. The molecule has 106 valence electrons. The average molecular weight is 270 g/mol. The summed E-state index contributed by atoms with van der Waals surface area (Å²) in [5.74, 6) is -3.98. The molecule has 0 aliphatic heterocycles. The summed E-state index contributed by atoms with van der Waals surface area (Å²) >= 11 is 0. The second kappa shape index (κ2) is 6.03. The van der Waals surface area contributed by atoms with Gasteiger partial charge in [-0.05, 0) is 13.3 Å². The molecule has 4 N–H and O–H groups in total. The number of halogens is 3. The number of rotatable bonds is 6. The van der Waals surface area contributed by atoms with Crippen LogP contribution < -0.4 is 11.1 Å². The first-order chi connectivity index (χ1) is 8.10. The molecular formula is C10H17F3N2O3. The maximum absolute atomic E-state index is 12.6. The lowest BCUT2D eigenvalue weighted by atomic mass is 9.97. The van der Waals surface area contributed by atoms with Crippen molar-refractivity contribution in [3.8, 4) is 0 Å². The lowest BCUT2D eigenvalue weighted by Crippen LogP contribution is -2.63. The van der Waals surface area contributed by atoms with Crippen molar-refractivity contribution in [2.75, 3.05) is 6.54 Å². The number of amides is 1. The van der Waals surface area contributed by atoms with Gasteiger partial charge in [-0.3, -0.25) is 4.79 Å². The molecule has 8 heteroatoms. The van der Waals surface area contributed by atoms with Crippen LogP contribution in [-0.2, 0) is 9.59 Å². The van der Waals surface area contributed by atoms with Crippen LogP contribution >= 0.6 is 0 Å². The number of carboxylic acid groups (broad SMARTS) is 1. The molecule has 0 fully saturated rings. The fourth-order valence-corrected chi connectivity index (χ4v) is 1.30. The van der Waals surface area contributed by atoms with Crippen LogP contribution in [0.5, 0.6) is 0 Å². The van der Waals surface area contributed by atoms with E-state index in [1.54, 1.807) is 6.92 Å². The van der Waals surface area contributed by atoms with Gasteiger partial charge in [0.25, 0.3) is 0 Å². The van der Waals surface area contributed by atoms with Gasteiger partial charge < -0.3 is 16.2 Å². The highest BCUT2D eigenvalue weighted by atomic mass is 19.4. The molecule has 1 amide bonds. The van der Waals surface area contributed by atoms with Crippen LogP contribution in [0.25, 0.3) is 0 Å². The molecule has 5 nitrogen and oxygen atoms in total. The number of nitrogens with two attached hydrogens (primary N) is 1. The minimum atomic E-state index is -5.08. The minimum absolute atomic E-state index is 0.132. The molecule has 0 radical (unpaired) electrons. The standard InChI is InChI=1S/C10H17F3N2O3/c1-3-4-6(5-14)7(16)15-9(2,8(17)18)10(11,12)13/h6H,3-5,14H2,1-2H3,(H,15,16)(H,17,18). The van der Waals surface area contributed by atoms with Gasteiger partial charge >= 0.3 is 12.1 Å². The van der Waals surface area contributed by atoms with Gasteiger partial charge in [-0.2, -0.15) is 13.2 Å². The number of carboxylic acids is 1. The van der Waals surface area contributed by atoms with Crippen molar-refractivity contribution in [3.05, 3.63) is 0 Å². The van der Waals surface area contributed by atoms with Crippen LogP contribution in [0.15, 0.2) is 0 Å². The summed E-state index contributed by atoms with van der Waals surface area (Å²) in [6.45, 7) is 2.02. The third-order valence-corrected chi connectivity index (χ3v) is 2.66. The largest absolute Gasteiger partial charge is 0.479 e. The summed E-state index contributed by atoms with van der Waals surface area (Å²) < 4.78 is 37.9. The van der Waals surface area contributed by atoms with Crippen molar-refractivity contribution in [1.29, 1.82) is 0 Å². The van der Waals surface area contributed by atoms with Crippen molar-refractivity contribution in [2.24, 2.45) is 11.7 Å². The maximum Gasteiger partial charge on any atom is 0.422 e. The molecular weight excluding hydrogens is 253 g/mol. The zero-order valence-corrected chi connectivity index (χ0v) is 10.2. The molecule has 0 aromatic carbocycles. The van der Waals surface area contributed by atoms with E-state index in [1.807, 2.05) is 0 Å². The summed E-state index contributed by atoms with van der Waals surface area (Å²) in [4.78, 5) is 22.3. The van der Waals surface area contributed by atoms with Gasteiger partial charge in [0, 0.05) is 6.54 Å². The van der Waals surface area contributed by atoms with Gasteiger partial charge in [-0.1, -0.05) is 13.3 Å². The number of carbonyl (C=O) groups excluding carboxylic acids is 1. The molecule has 0 bridgehead atoms. The second-order valence-corrected chi connectivity index (χ2v) is 4.14. The van der Waals surface area contributed by atoms with E-state index < -0.39 is 29.5 Å². The quantitative estimate of drug-likeness (QED) is 0.668. The van der Waals surface area contributed by atoms with E-state index in [1.165, 1.54) is 5.32 Å². The fourth-order valence-electron chi connectivity index (χ4n) is 1.30. The lowest BCUT2D eigenvalue weighted by Gasteiger charge is -2.30. The van der Waals surface area contributed by atoms with E-state index in [9.17, 15) is 22.8 Å². The van der Waals surface area contributed by atoms with E-state index in [4.69, 9.17) is 10.8 Å². The minimum Gasteiger partial charge on any atom is -0.479 e. The smallest absolute Gasteiger partial charge is 0.422 e. The van der Waals surface area contributed by atoms with E-state index in [2.05, 4.69) is 0 Å². The molecule has 0 saturated heterocycles. The molecule has 0 spiro atoms. The second-order valence-electron chi connectivity index (χ2n) is 4.14. The number of aliphatic carboxylic acids is 1. The van der Waals surface area contributed by atoms with Gasteiger partial charge in [0.15, 0.2) is 0 Å². The Bertz CT molecular complexity index is 320. The zero-order chi connectivity index (χ0) is 14.6. The number of hydrogen-bond acceptors (Lipinski definition) is 3. The van der Waals surface area contributed by atoms with Gasteiger partial charge in [-0.25, -0.2) is 4.79 Å². The first-order valence-electron chi connectivity index (χ1n) is 5.42. The number of alkyl halides is 3. The van der Waals surface area contributed by atoms with Crippen molar-refractivity contribution < 1.29 is 27.9 Å². The first kappa shape index (κ1) is 16.7. The van der Waals surface area contributed by atoms with Gasteiger partial charge in [-0.15, -0.1) is 0 Å². The van der Waals surface area contributed by atoms with E-state index in [0.717, 1.165) is 0 Å². The Morgan fingerprint density at radius 3 is 2.17 bits per heavy atom. The van der Waals surface area contributed by atoms with Crippen LogP contribution in [0.2, 0.25) is 0 Å². The predicted molar refractivity (Wildman–Crippen MR) is 57.7 cm³/mol. The van der Waals surface area contributed by atoms with Crippen LogP contribution in [0.1, 0.15) is 26.7 Å². The van der Waals surface area contributed by atoms with Gasteiger partial charge in [0.05, 0.1) is 5.92 Å². The SMILES string of the molecule is CCCC(CN)C(=O)NC(C)(C(=O)O)C(F)(F)F. The Balaban J connectivity index is 5.02. The Labute approximate surface area is 103 Å². The normalized spacial score (nSPS) is 16.8. The third-order valence-electron chi connectivity index (χ3n) is 2.66. The Morgan fingerprint density at radius 1 is 1.39 bits per heavy atom. The first-order valence-corrected chi connectivity index (χ1v) is 5.42. The molecule has 0 aromatic rings. The Kier molecular flexibility index (Phi) is 5.59. The molecule has 0 aliphatic carbocycles. The summed E-state index contributed by atoms with van der Waals surface area (Å²) in [5.41, 5.74) is 1.97. The van der Waals surface area contributed by atoms with E-state index >= 15 is 0 Å². The van der Waals surface area contributed by atoms with Gasteiger partial charge in [0.1, 0.15) is 0 Å². The molecule has 2 unspecified atom stereocenters. The van der Waals surface area contributed by atoms with Crippen molar-refractivity contribution >= 4 is 11.9 Å². The van der Waals surface area contributed by atoms with E-state index in [-0.39, 0.29) is 6.54 Å². The predicted octanol–water partition coefficient (Wildman–Crippen LogP) is 0.883. The van der Waals surface area contributed by atoms with Crippen LogP contribution in [-0.4, -0.2) is 35.2 Å². The highest BCUT2D eigenvalue weighted by Gasteiger charge is 2.58. The monoisotopic (exact) mass is 270 g/mol. The number of hydrogen-bond donors (Lipinski definition) is 3. The average Bonchev–Trinajstić information content (AvgIpc) is 2.23. The maximum atomic E-state index is 12.6. The third kappa shape index (κ3) is 3.59. The Morgan fingerprint density at radius 2 is 1.89 bits per heavy atom. The van der Waals surface area contributed by atoms with Crippen LogP contribution in [0.4, 0.5) is 13.2 Å². The van der Waals surface area contributed by atoms with Crippen LogP contribution in [0.3, 0.4) is 0 Å². The zero-order valence-electron chi connectivity index (χ0n) is 10.2.